The van der Waals surface area contributed by atoms with Crippen molar-refractivity contribution in [2.45, 2.75) is 27.7 Å². The number of carbonyl (C=O) groups excluding carboxylic acids is 1. The zero-order valence-electron chi connectivity index (χ0n) is 14.6. The molecule has 0 spiro atoms. The van der Waals surface area contributed by atoms with Crippen LogP contribution in [-0.4, -0.2) is 30.2 Å². The minimum atomic E-state index is -0.00770. The van der Waals surface area contributed by atoms with E-state index in [9.17, 15) is 4.79 Å². The molecule has 0 saturated carbocycles. The fourth-order valence-electron chi connectivity index (χ4n) is 2.14. The molecule has 8 heteroatoms. The van der Waals surface area contributed by atoms with Gasteiger partial charge in [-0.05, 0) is 38.5 Å². The average molecular weight is 382 g/mol. The highest BCUT2D eigenvalue weighted by atomic mass is 35.5. The largest absolute Gasteiger partial charge is 0.490 e. The third-order valence-corrected chi connectivity index (χ3v) is 4.55. The number of aryl methyl sites for hydroxylation is 1. The highest BCUT2D eigenvalue weighted by Gasteiger charge is 2.12. The number of hydrogen-bond donors (Lipinski definition) is 1. The molecule has 0 amide bonds. The van der Waals surface area contributed by atoms with Gasteiger partial charge in [0.15, 0.2) is 17.3 Å². The van der Waals surface area contributed by atoms with Crippen molar-refractivity contribution < 1.29 is 14.3 Å². The number of nitrogens with zero attached hydrogens (tertiary/aromatic N) is 2. The smallest absolute Gasteiger partial charge is 0.204 e. The highest BCUT2D eigenvalue weighted by Crippen LogP contribution is 2.36. The molecule has 0 fully saturated rings. The first-order chi connectivity index (χ1) is 12.0. The molecule has 6 nitrogen and oxygen atoms in total. The van der Waals surface area contributed by atoms with Crippen LogP contribution in [0.3, 0.4) is 0 Å². The van der Waals surface area contributed by atoms with Gasteiger partial charge in [0.1, 0.15) is 0 Å². The Hall–Kier alpha value is -2.12. The number of carbonyl (C=O) groups is 1. The summed E-state index contributed by atoms with van der Waals surface area (Å²) in [5.41, 5.74) is 4.28. The van der Waals surface area contributed by atoms with Gasteiger partial charge in [-0.25, -0.2) is 4.98 Å². The number of thiazole rings is 1. The van der Waals surface area contributed by atoms with E-state index >= 15 is 0 Å². The number of Topliss-reactive ketones (excluding diaryl/α,β-unsaturated/α-hetero) is 1. The van der Waals surface area contributed by atoms with Crippen LogP contribution in [0.25, 0.3) is 0 Å². The minimum Gasteiger partial charge on any atom is -0.490 e. The lowest BCUT2D eigenvalue weighted by molar-refractivity contribution is 0.102. The number of aromatic nitrogens is 1. The van der Waals surface area contributed by atoms with Crippen molar-refractivity contribution in [3.05, 3.63) is 33.3 Å². The molecule has 0 bridgehead atoms. The molecule has 0 aliphatic carbocycles. The lowest BCUT2D eigenvalue weighted by Crippen LogP contribution is -2.00. The van der Waals surface area contributed by atoms with Gasteiger partial charge in [-0.2, -0.15) is 5.10 Å². The van der Waals surface area contributed by atoms with Crippen LogP contribution < -0.4 is 14.9 Å². The van der Waals surface area contributed by atoms with Gasteiger partial charge in [0.05, 0.1) is 35.0 Å². The topological polar surface area (TPSA) is 72.8 Å². The summed E-state index contributed by atoms with van der Waals surface area (Å²) in [6.07, 6.45) is 1.61. The van der Waals surface area contributed by atoms with Gasteiger partial charge in [-0.15, -0.1) is 0 Å². The molecule has 1 aromatic carbocycles. The van der Waals surface area contributed by atoms with Gasteiger partial charge in [0.2, 0.25) is 5.13 Å². The fraction of sp³-hybridized carbons (Fsp3) is 0.353. The van der Waals surface area contributed by atoms with E-state index in [4.69, 9.17) is 21.1 Å². The molecule has 0 atom stereocenters. The first-order valence-corrected chi connectivity index (χ1v) is 9.02. The lowest BCUT2D eigenvalue weighted by Gasteiger charge is -2.13. The molecule has 1 N–H and O–H groups in total. The highest BCUT2D eigenvalue weighted by molar-refractivity contribution is 7.17. The molecule has 1 aromatic heterocycles. The summed E-state index contributed by atoms with van der Waals surface area (Å²) in [6, 6.07) is 3.55. The maximum Gasteiger partial charge on any atom is 0.204 e. The number of benzene rings is 1. The van der Waals surface area contributed by atoms with Crippen molar-refractivity contribution in [3.8, 4) is 11.5 Å². The SMILES string of the molecule is CCOc1cc(/C=N\Nc2nc(C)c(C(C)=O)s2)cc(Cl)c1OCC. The van der Waals surface area contributed by atoms with E-state index in [1.807, 2.05) is 13.8 Å². The quantitative estimate of drug-likeness (QED) is 0.412. The standard InChI is InChI=1S/C17H20ClN3O3S/c1-5-23-14-8-12(7-13(18)15(14)24-6-2)9-19-21-17-20-10(3)16(25-17)11(4)22/h7-9H,5-6H2,1-4H3,(H,20,21)/b19-9-. The summed E-state index contributed by atoms with van der Waals surface area (Å²) in [7, 11) is 0. The predicted octanol–water partition coefficient (Wildman–Crippen LogP) is 4.55. The van der Waals surface area contributed by atoms with Crippen LogP contribution in [0.2, 0.25) is 5.02 Å². The zero-order valence-corrected chi connectivity index (χ0v) is 16.1. The van der Waals surface area contributed by atoms with Crippen molar-refractivity contribution in [1.29, 1.82) is 0 Å². The van der Waals surface area contributed by atoms with Crippen LogP contribution in [0.15, 0.2) is 17.2 Å². The third-order valence-electron chi connectivity index (χ3n) is 3.11. The summed E-state index contributed by atoms with van der Waals surface area (Å²) >= 11 is 7.54. The first-order valence-electron chi connectivity index (χ1n) is 7.82. The van der Waals surface area contributed by atoms with Crippen molar-refractivity contribution in [1.82, 2.24) is 4.98 Å². The molecule has 0 unspecified atom stereocenters. The molecular weight excluding hydrogens is 362 g/mol. The van der Waals surface area contributed by atoms with E-state index in [2.05, 4.69) is 15.5 Å². The molecule has 25 heavy (non-hydrogen) atoms. The molecule has 0 aliphatic heterocycles. The number of ketones is 1. The second-order valence-corrected chi connectivity index (χ2v) is 6.46. The number of nitrogens with one attached hydrogen (secondary N) is 1. The molecular formula is C17H20ClN3O3S. The Bertz CT molecular complexity index is 790. The Balaban J connectivity index is 2.17. The van der Waals surface area contributed by atoms with Gasteiger partial charge in [0.25, 0.3) is 0 Å². The predicted molar refractivity (Wildman–Crippen MR) is 102 cm³/mol. The molecule has 2 rings (SSSR count). The van der Waals surface area contributed by atoms with Crippen LogP contribution in [0, 0.1) is 6.92 Å². The van der Waals surface area contributed by atoms with Crippen molar-refractivity contribution in [2.24, 2.45) is 5.10 Å². The number of hydrazone groups is 1. The Morgan fingerprint density at radius 3 is 2.68 bits per heavy atom. The van der Waals surface area contributed by atoms with Crippen molar-refractivity contribution >= 4 is 40.1 Å². The minimum absolute atomic E-state index is 0.00770. The number of ether oxygens (including phenoxy) is 2. The number of anilines is 1. The summed E-state index contributed by atoms with van der Waals surface area (Å²) in [5.74, 6) is 1.09. The van der Waals surface area contributed by atoms with E-state index < -0.39 is 0 Å². The van der Waals surface area contributed by atoms with Gasteiger partial charge < -0.3 is 9.47 Å². The first kappa shape index (κ1) is 19.2. The van der Waals surface area contributed by atoms with Crippen LogP contribution >= 0.6 is 22.9 Å². The summed E-state index contributed by atoms with van der Waals surface area (Å²) < 4.78 is 11.1. The molecule has 2 aromatic rings. The monoisotopic (exact) mass is 381 g/mol. The molecule has 134 valence electrons. The molecule has 0 aliphatic rings. The normalized spacial score (nSPS) is 10.9. The Kier molecular flexibility index (Phi) is 6.78. The van der Waals surface area contributed by atoms with Gasteiger partial charge in [-0.1, -0.05) is 22.9 Å². The van der Waals surface area contributed by atoms with E-state index in [1.165, 1.54) is 18.3 Å². The summed E-state index contributed by atoms with van der Waals surface area (Å²) in [4.78, 5) is 16.4. The van der Waals surface area contributed by atoms with Crippen LogP contribution in [0.4, 0.5) is 5.13 Å². The second kappa shape index (κ2) is 8.82. The maximum atomic E-state index is 11.5. The number of rotatable bonds is 8. The molecule has 1 heterocycles. The Labute approximate surface area is 155 Å². The van der Waals surface area contributed by atoms with Crippen molar-refractivity contribution in [2.75, 3.05) is 18.6 Å². The van der Waals surface area contributed by atoms with Gasteiger partial charge in [0, 0.05) is 6.92 Å². The average Bonchev–Trinajstić information content (AvgIpc) is 2.92. The van der Waals surface area contributed by atoms with E-state index in [-0.39, 0.29) is 5.78 Å². The fourth-order valence-corrected chi connectivity index (χ4v) is 3.23. The number of hydrogen-bond acceptors (Lipinski definition) is 7. The van der Waals surface area contributed by atoms with Crippen molar-refractivity contribution in [3.63, 3.8) is 0 Å². The maximum absolute atomic E-state index is 11.5. The second-order valence-electron chi connectivity index (χ2n) is 5.06. The Morgan fingerprint density at radius 2 is 2.08 bits per heavy atom. The molecule has 0 radical (unpaired) electrons. The van der Waals surface area contributed by atoms with Crippen LogP contribution in [-0.2, 0) is 0 Å². The van der Waals surface area contributed by atoms with Crippen LogP contribution in [0.1, 0.15) is 41.7 Å². The molecule has 0 saturated heterocycles. The van der Waals surface area contributed by atoms with E-state index in [1.54, 1.807) is 25.3 Å². The van der Waals surface area contributed by atoms with Crippen LogP contribution in [0.5, 0.6) is 11.5 Å². The summed E-state index contributed by atoms with van der Waals surface area (Å²) in [6.45, 7) is 8.09. The van der Waals surface area contributed by atoms with E-state index in [0.717, 1.165) is 5.56 Å². The van der Waals surface area contributed by atoms with Gasteiger partial charge in [-0.3, -0.25) is 10.2 Å². The summed E-state index contributed by atoms with van der Waals surface area (Å²) in [5, 5.41) is 5.16. The lowest BCUT2D eigenvalue weighted by atomic mass is 10.2. The zero-order chi connectivity index (χ0) is 18.4. The Morgan fingerprint density at radius 1 is 1.36 bits per heavy atom. The number of halogens is 1. The van der Waals surface area contributed by atoms with Gasteiger partial charge >= 0.3 is 0 Å². The van der Waals surface area contributed by atoms with E-state index in [0.29, 0.717) is 45.4 Å². The third kappa shape index (κ3) is 4.93.